The van der Waals surface area contributed by atoms with Crippen LogP contribution >= 0.6 is 11.6 Å². The van der Waals surface area contributed by atoms with Crippen molar-refractivity contribution in [3.05, 3.63) is 59.4 Å². The molecule has 3 nitrogen and oxygen atoms in total. The Morgan fingerprint density at radius 3 is 2.43 bits per heavy atom. The van der Waals surface area contributed by atoms with Gasteiger partial charge in [0, 0.05) is 10.4 Å². The van der Waals surface area contributed by atoms with E-state index in [1.54, 1.807) is 0 Å². The molecule has 0 bridgehead atoms. The summed E-state index contributed by atoms with van der Waals surface area (Å²) in [6, 6.07) is 15.7. The fraction of sp³-hybridized carbons (Fsp3) is 0.316. The van der Waals surface area contributed by atoms with E-state index in [9.17, 15) is 0 Å². The maximum Gasteiger partial charge on any atom is 0.119 e. The van der Waals surface area contributed by atoms with Crippen LogP contribution < -0.4 is 4.74 Å². The van der Waals surface area contributed by atoms with Crippen LogP contribution in [0.15, 0.2) is 48.5 Å². The Balaban J connectivity index is 1.82. The number of nitrogens with zero attached hydrogens (tertiary/aromatic N) is 2. The minimum Gasteiger partial charge on any atom is -0.492 e. The average molecular weight is 329 g/mol. The third-order valence-corrected chi connectivity index (χ3v) is 3.97. The van der Waals surface area contributed by atoms with E-state index in [0.717, 1.165) is 29.2 Å². The summed E-state index contributed by atoms with van der Waals surface area (Å²) in [6.07, 6.45) is 0. The van der Waals surface area contributed by atoms with Gasteiger partial charge < -0.3 is 9.30 Å². The maximum absolute atomic E-state index is 5.90. The van der Waals surface area contributed by atoms with Crippen molar-refractivity contribution < 1.29 is 4.74 Å². The van der Waals surface area contributed by atoms with Gasteiger partial charge in [0.25, 0.3) is 0 Å². The van der Waals surface area contributed by atoms with Crippen molar-refractivity contribution in [1.82, 2.24) is 9.55 Å². The van der Waals surface area contributed by atoms with Gasteiger partial charge in [-0.3, -0.25) is 0 Å². The molecule has 4 heteroatoms. The van der Waals surface area contributed by atoms with Gasteiger partial charge in [-0.2, -0.15) is 0 Å². The summed E-state index contributed by atoms with van der Waals surface area (Å²) in [4.78, 5) is 4.81. The molecule has 0 radical (unpaired) electrons. The molecule has 1 aromatic heterocycles. The number of fused-ring (bicyclic) bond motifs is 1. The summed E-state index contributed by atoms with van der Waals surface area (Å²) in [5, 5.41) is 0.716. The Labute approximate surface area is 141 Å². The van der Waals surface area contributed by atoms with Crippen molar-refractivity contribution in [3.8, 4) is 5.75 Å². The van der Waals surface area contributed by atoms with Crippen LogP contribution in [0.5, 0.6) is 5.75 Å². The molecule has 2 aromatic carbocycles. The molecule has 120 valence electrons. The molecular formula is C19H21ClN2O. The Hall–Kier alpha value is -2.00. The van der Waals surface area contributed by atoms with E-state index < -0.39 is 0 Å². The predicted octanol–water partition coefficient (Wildman–Crippen LogP) is 5.07. The van der Waals surface area contributed by atoms with Gasteiger partial charge in [0.1, 0.15) is 18.2 Å². The fourth-order valence-corrected chi connectivity index (χ4v) is 2.79. The highest BCUT2D eigenvalue weighted by Gasteiger charge is 2.22. The van der Waals surface area contributed by atoms with E-state index >= 15 is 0 Å². The van der Waals surface area contributed by atoms with Crippen LogP contribution in [-0.4, -0.2) is 16.2 Å². The van der Waals surface area contributed by atoms with Crippen molar-refractivity contribution in [3.63, 3.8) is 0 Å². The van der Waals surface area contributed by atoms with E-state index in [2.05, 4.69) is 37.5 Å². The van der Waals surface area contributed by atoms with Crippen molar-refractivity contribution in [1.29, 1.82) is 0 Å². The Kier molecular flexibility index (Phi) is 4.31. The SMILES string of the molecule is CC(C)(C)c1nc2ccccc2n1CCOc1ccc(Cl)cc1. The third kappa shape index (κ3) is 3.50. The van der Waals surface area contributed by atoms with Crippen molar-refractivity contribution >= 4 is 22.6 Å². The number of halogens is 1. The molecule has 0 atom stereocenters. The van der Waals surface area contributed by atoms with E-state index in [0.29, 0.717) is 11.6 Å². The van der Waals surface area contributed by atoms with Gasteiger partial charge in [-0.05, 0) is 36.4 Å². The molecule has 0 saturated carbocycles. The summed E-state index contributed by atoms with van der Waals surface area (Å²) in [6.45, 7) is 7.90. The van der Waals surface area contributed by atoms with E-state index in [1.807, 2.05) is 36.4 Å². The Bertz CT molecular complexity index is 800. The lowest BCUT2D eigenvalue weighted by molar-refractivity contribution is 0.295. The van der Waals surface area contributed by atoms with E-state index in [-0.39, 0.29) is 5.41 Å². The quantitative estimate of drug-likeness (QED) is 0.669. The molecule has 0 amide bonds. The molecule has 0 unspecified atom stereocenters. The highest BCUT2D eigenvalue weighted by Crippen LogP contribution is 2.26. The van der Waals surface area contributed by atoms with Crippen LogP contribution in [0.1, 0.15) is 26.6 Å². The standard InChI is InChI=1S/C19H21ClN2O/c1-19(2,3)18-21-16-6-4-5-7-17(16)22(18)12-13-23-15-10-8-14(20)9-11-15/h4-11H,12-13H2,1-3H3. The smallest absolute Gasteiger partial charge is 0.119 e. The van der Waals surface area contributed by atoms with Crippen molar-refractivity contribution in [2.24, 2.45) is 0 Å². The normalized spacial score (nSPS) is 11.8. The Morgan fingerprint density at radius 2 is 1.74 bits per heavy atom. The second-order valence-electron chi connectivity index (χ2n) is 6.63. The number of hydrogen-bond acceptors (Lipinski definition) is 2. The van der Waals surface area contributed by atoms with Gasteiger partial charge in [-0.15, -0.1) is 0 Å². The molecule has 0 aliphatic heterocycles. The molecule has 3 rings (SSSR count). The van der Waals surface area contributed by atoms with Gasteiger partial charge in [0.2, 0.25) is 0 Å². The van der Waals surface area contributed by atoms with Crippen LogP contribution in [0.2, 0.25) is 5.02 Å². The summed E-state index contributed by atoms with van der Waals surface area (Å²) in [7, 11) is 0. The molecule has 0 N–H and O–H groups in total. The predicted molar refractivity (Wildman–Crippen MR) is 95.4 cm³/mol. The first-order valence-electron chi connectivity index (χ1n) is 7.79. The number of rotatable bonds is 4. The van der Waals surface area contributed by atoms with Gasteiger partial charge in [0.05, 0.1) is 17.6 Å². The van der Waals surface area contributed by atoms with Crippen molar-refractivity contribution in [2.75, 3.05) is 6.61 Å². The number of imidazole rings is 1. The summed E-state index contributed by atoms with van der Waals surface area (Å²) >= 11 is 5.90. The zero-order chi connectivity index (χ0) is 16.4. The molecule has 23 heavy (non-hydrogen) atoms. The first kappa shape index (κ1) is 15.9. The topological polar surface area (TPSA) is 27.1 Å². The highest BCUT2D eigenvalue weighted by atomic mass is 35.5. The maximum atomic E-state index is 5.90. The zero-order valence-electron chi connectivity index (χ0n) is 13.7. The molecule has 3 aromatic rings. The summed E-state index contributed by atoms with van der Waals surface area (Å²) in [5.74, 6) is 1.91. The molecule has 0 aliphatic carbocycles. The highest BCUT2D eigenvalue weighted by molar-refractivity contribution is 6.30. The van der Waals surface area contributed by atoms with Gasteiger partial charge in [0.15, 0.2) is 0 Å². The Morgan fingerprint density at radius 1 is 1.04 bits per heavy atom. The zero-order valence-corrected chi connectivity index (χ0v) is 14.5. The average Bonchev–Trinajstić information content (AvgIpc) is 2.89. The fourth-order valence-electron chi connectivity index (χ4n) is 2.66. The van der Waals surface area contributed by atoms with E-state index in [1.165, 1.54) is 0 Å². The molecule has 1 heterocycles. The lowest BCUT2D eigenvalue weighted by Crippen LogP contribution is -2.21. The lowest BCUT2D eigenvalue weighted by Gasteiger charge is -2.20. The van der Waals surface area contributed by atoms with Gasteiger partial charge in [-0.25, -0.2) is 4.98 Å². The second-order valence-corrected chi connectivity index (χ2v) is 7.06. The molecular weight excluding hydrogens is 308 g/mol. The minimum absolute atomic E-state index is 0.0146. The number of aromatic nitrogens is 2. The van der Waals surface area contributed by atoms with Crippen LogP contribution in [0.4, 0.5) is 0 Å². The van der Waals surface area contributed by atoms with Crippen molar-refractivity contribution in [2.45, 2.75) is 32.7 Å². The van der Waals surface area contributed by atoms with Crippen LogP contribution in [0, 0.1) is 0 Å². The number of para-hydroxylation sites is 2. The summed E-state index contributed by atoms with van der Waals surface area (Å²) in [5.41, 5.74) is 2.17. The monoisotopic (exact) mass is 328 g/mol. The van der Waals surface area contributed by atoms with Crippen LogP contribution in [0.25, 0.3) is 11.0 Å². The molecule has 0 aliphatic rings. The minimum atomic E-state index is -0.0146. The first-order valence-corrected chi connectivity index (χ1v) is 8.17. The number of ether oxygens (including phenoxy) is 1. The molecule has 0 spiro atoms. The second kappa shape index (κ2) is 6.25. The van der Waals surface area contributed by atoms with Crippen LogP contribution in [0.3, 0.4) is 0 Å². The molecule has 0 fully saturated rings. The third-order valence-electron chi connectivity index (χ3n) is 3.72. The van der Waals surface area contributed by atoms with Gasteiger partial charge >= 0.3 is 0 Å². The lowest BCUT2D eigenvalue weighted by atomic mass is 9.95. The number of benzene rings is 2. The molecule has 0 saturated heterocycles. The van der Waals surface area contributed by atoms with Gasteiger partial charge in [-0.1, -0.05) is 44.5 Å². The number of hydrogen-bond donors (Lipinski definition) is 0. The summed E-state index contributed by atoms with van der Waals surface area (Å²) < 4.78 is 8.10. The largest absolute Gasteiger partial charge is 0.492 e. The van der Waals surface area contributed by atoms with Crippen LogP contribution in [-0.2, 0) is 12.0 Å². The first-order chi connectivity index (χ1) is 10.9. The van der Waals surface area contributed by atoms with E-state index in [4.69, 9.17) is 21.3 Å².